The van der Waals surface area contributed by atoms with Gasteiger partial charge in [0.05, 0.1) is 24.5 Å². The van der Waals surface area contributed by atoms with Crippen LogP contribution in [0.1, 0.15) is 10.4 Å². The molecule has 0 amide bonds. The van der Waals surface area contributed by atoms with Gasteiger partial charge in [-0.3, -0.25) is 0 Å². The van der Waals surface area contributed by atoms with Crippen molar-refractivity contribution < 1.29 is 14.3 Å². The standard InChI is InChI=1S/C17H14O3S2/c1-19-13-8-5-7-11-15(10-21-16(11)13)22-14-9-4-3-6-12(14)17(18)20-2/h3-10H,1-2H3. The number of hydrogen-bond acceptors (Lipinski definition) is 5. The zero-order valence-corrected chi connectivity index (χ0v) is 13.8. The molecular formula is C17H14O3S2. The van der Waals surface area contributed by atoms with Crippen LogP contribution >= 0.6 is 23.1 Å². The predicted octanol–water partition coefficient (Wildman–Crippen LogP) is 4.85. The first-order valence-corrected chi connectivity index (χ1v) is 8.33. The molecule has 5 heteroatoms. The number of ether oxygens (including phenoxy) is 2. The van der Waals surface area contributed by atoms with E-state index in [9.17, 15) is 4.79 Å². The van der Waals surface area contributed by atoms with Crippen LogP contribution in [0.25, 0.3) is 10.1 Å². The molecule has 0 saturated carbocycles. The molecule has 22 heavy (non-hydrogen) atoms. The summed E-state index contributed by atoms with van der Waals surface area (Å²) in [4.78, 5) is 13.9. The number of methoxy groups -OCH3 is 2. The summed E-state index contributed by atoms with van der Waals surface area (Å²) in [5.74, 6) is 0.552. The van der Waals surface area contributed by atoms with Crippen LogP contribution in [0.3, 0.4) is 0 Å². The Morgan fingerprint density at radius 2 is 1.86 bits per heavy atom. The molecule has 3 rings (SSSR count). The quantitative estimate of drug-likeness (QED) is 0.641. The largest absolute Gasteiger partial charge is 0.495 e. The third-order valence-corrected chi connectivity index (χ3v) is 5.55. The van der Waals surface area contributed by atoms with Crippen molar-refractivity contribution in [2.45, 2.75) is 9.79 Å². The second kappa shape index (κ2) is 6.42. The summed E-state index contributed by atoms with van der Waals surface area (Å²) in [6.45, 7) is 0. The maximum atomic E-state index is 11.9. The Hall–Kier alpha value is -1.98. The third kappa shape index (κ3) is 2.69. The summed E-state index contributed by atoms with van der Waals surface area (Å²) in [5, 5.41) is 3.22. The van der Waals surface area contributed by atoms with E-state index in [1.165, 1.54) is 7.11 Å². The Bertz CT molecular complexity index is 824. The van der Waals surface area contributed by atoms with E-state index >= 15 is 0 Å². The van der Waals surface area contributed by atoms with Crippen LogP contribution in [0.4, 0.5) is 0 Å². The minimum Gasteiger partial charge on any atom is -0.495 e. The molecule has 0 saturated heterocycles. The van der Waals surface area contributed by atoms with Crippen molar-refractivity contribution >= 4 is 39.2 Å². The number of thiophene rings is 1. The summed E-state index contributed by atoms with van der Waals surface area (Å²) in [6, 6.07) is 13.5. The SMILES string of the molecule is COC(=O)c1ccccc1Sc1csc2c(OC)cccc12. The van der Waals surface area contributed by atoms with Crippen molar-refractivity contribution in [1.29, 1.82) is 0 Å². The van der Waals surface area contributed by atoms with Gasteiger partial charge < -0.3 is 9.47 Å². The summed E-state index contributed by atoms with van der Waals surface area (Å²) >= 11 is 3.21. The summed E-state index contributed by atoms with van der Waals surface area (Å²) in [5.41, 5.74) is 0.581. The number of hydrogen-bond donors (Lipinski definition) is 0. The molecule has 0 spiro atoms. The van der Waals surface area contributed by atoms with Gasteiger partial charge in [-0.05, 0) is 18.2 Å². The molecule has 1 aromatic heterocycles. The lowest BCUT2D eigenvalue weighted by Crippen LogP contribution is -2.02. The van der Waals surface area contributed by atoms with Crippen molar-refractivity contribution in [1.82, 2.24) is 0 Å². The first-order valence-electron chi connectivity index (χ1n) is 6.64. The molecule has 0 bridgehead atoms. The number of fused-ring (bicyclic) bond motifs is 1. The highest BCUT2D eigenvalue weighted by atomic mass is 32.2. The van der Waals surface area contributed by atoms with E-state index in [1.807, 2.05) is 30.3 Å². The number of rotatable bonds is 4. The Kier molecular flexibility index (Phi) is 4.36. The highest BCUT2D eigenvalue weighted by Gasteiger charge is 2.15. The molecule has 0 aliphatic carbocycles. The van der Waals surface area contributed by atoms with Gasteiger partial charge >= 0.3 is 5.97 Å². The van der Waals surface area contributed by atoms with Gasteiger partial charge in [0.1, 0.15) is 5.75 Å². The van der Waals surface area contributed by atoms with Gasteiger partial charge in [0, 0.05) is 20.6 Å². The lowest BCUT2D eigenvalue weighted by atomic mass is 10.2. The van der Waals surface area contributed by atoms with Gasteiger partial charge in [0.25, 0.3) is 0 Å². The Balaban J connectivity index is 2.03. The van der Waals surface area contributed by atoms with E-state index in [-0.39, 0.29) is 5.97 Å². The molecule has 0 atom stereocenters. The molecule has 0 radical (unpaired) electrons. The Morgan fingerprint density at radius 3 is 2.64 bits per heavy atom. The molecule has 0 aliphatic heterocycles. The van der Waals surface area contributed by atoms with E-state index < -0.39 is 0 Å². The maximum absolute atomic E-state index is 11.9. The Morgan fingerprint density at radius 1 is 1.05 bits per heavy atom. The van der Waals surface area contributed by atoms with Gasteiger partial charge in [-0.15, -0.1) is 11.3 Å². The molecular weight excluding hydrogens is 316 g/mol. The minimum atomic E-state index is -0.319. The van der Waals surface area contributed by atoms with Crippen molar-refractivity contribution in [3.8, 4) is 5.75 Å². The monoisotopic (exact) mass is 330 g/mol. The highest BCUT2D eigenvalue weighted by molar-refractivity contribution is 7.99. The molecule has 3 aromatic rings. The van der Waals surface area contributed by atoms with Crippen LogP contribution < -0.4 is 4.74 Å². The van der Waals surface area contributed by atoms with Gasteiger partial charge in [-0.1, -0.05) is 36.0 Å². The average molecular weight is 330 g/mol. The number of esters is 1. The second-order valence-corrected chi connectivity index (χ2v) is 6.49. The van der Waals surface area contributed by atoms with Crippen molar-refractivity contribution in [3.63, 3.8) is 0 Å². The van der Waals surface area contributed by atoms with Gasteiger partial charge in [0.15, 0.2) is 0 Å². The normalized spacial score (nSPS) is 10.6. The zero-order valence-electron chi connectivity index (χ0n) is 12.2. The number of carbonyl (C=O) groups is 1. The minimum absolute atomic E-state index is 0.319. The van der Waals surface area contributed by atoms with Crippen molar-refractivity contribution in [2.75, 3.05) is 14.2 Å². The first-order chi connectivity index (χ1) is 10.7. The van der Waals surface area contributed by atoms with E-state index in [1.54, 1.807) is 36.3 Å². The summed E-state index contributed by atoms with van der Waals surface area (Å²) in [6.07, 6.45) is 0. The fraction of sp³-hybridized carbons (Fsp3) is 0.118. The van der Waals surface area contributed by atoms with Crippen molar-refractivity contribution in [3.05, 3.63) is 53.4 Å². The Labute approximate surface area is 136 Å². The van der Waals surface area contributed by atoms with Crippen LogP contribution in [0.5, 0.6) is 5.75 Å². The van der Waals surface area contributed by atoms with Gasteiger partial charge in [-0.25, -0.2) is 4.79 Å². The van der Waals surface area contributed by atoms with E-state index in [0.29, 0.717) is 5.56 Å². The highest BCUT2D eigenvalue weighted by Crippen LogP contribution is 2.41. The summed E-state index contributed by atoms with van der Waals surface area (Å²) in [7, 11) is 3.07. The van der Waals surface area contributed by atoms with E-state index in [0.717, 1.165) is 25.6 Å². The smallest absolute Gasteiger partial charge is 0.339 e. The summed E-state index contributed by atoms with van der Waals surface area (Å²) < 4.78 is 11.4. The van der Waals surface area contributed by atoms with E-state index in [4.69, 9.17) is 9.47 Å². The van der Waals surface area contributed by atoms with Crippen LogP contribution in [0, 0.1) is 0 Å². The fourth-order valence-corrected chi connectivity index (χ4v) is 4.45. The molecule has 3 nitrogen and oxygen atoms in total. The predicted molar refractivity (Wildman–Crippen MR) is 90.3 cm³/mol. The van der Waals surface area contributed by atoms with Gasteiger partial charge in [0.2, 0.25) is 0 Å². The molecule has 0 aliphatic rings. The second-order valence-electron chi connectivity index (χ2n) is 4.53. The molecule has 2 aromatic carbocycles. The van der Waals surface area contributed by atoms with Crippen LogP contribution in [0.15, 0.2) is 57.6 Å². The molecule has 112 valence electrons. The van der Waals surface area contributed by atoms with Crippen LogP contribution in [0.2, 0.25) is 0 Å². The van der Waals surface area contributed by atoms with Crippen LogP contribution in [-0.2, 0) is 4.74 Å². The molecule has 0 fully saturated rings. The topological polar surface area (TPSA) is 35.5 Å². The maximum Gasteiger partial charge on any atom is 0.339 e. The lowest BCUT2D eigenvalue weighted by Gasteiger charge is -2.07. The van der Waals surface area contributed by atoms with E-state index in [2.05, 4.69) is 11.4 Å². The number of benzene rings is 2. The van der Waals surface area contributed by atoms with Crippen molar-refractivity contribution in [2.24, 2.45) is 0 Å². The zero-order chi connectivity index (χ0) is 15.5. The number of carbonyl (C=O) groups excluding carboxylic acids is 1. The lowest BCUT2D eigenvalue weighted by molar-refractivity contribution is 0.0597. The molecule has 0 N–H and O–H groups in total. The third-order valence-electron chi connectivity index (χ3n) is 3.26. The van der Waals surface area contributed by atoms with Gasteiger partial charge in [-0.2, -0.15) is 0 Å². The van der Waals surface area contributed by atoms with Crippen LogP contribution in [-0.4, -0.2) is 20.2 Å². The first kappa shape index (κ1) is 14.9. The fourth-order valence-electron chi connectivity index (χ4n) is 2.20. The average Bonchev–Trinajstić information content (AvgIpc) is 2.98. The molecule has 0 unspecified atom stereocenters. The molecule has 1 heterocycles.